The van der Waals surface area contributed by atoms with E-state index in [9.17, 15) is 4.79 Å². The quantitative estimate of drug-likeness (QED) is 0.623. The molecule has 3 nitrogen and oxygen atoms in total. The number of hydrogen-bond donors (Lipinski definition) is 1. The third-order valence-electron chi connectivity index (χ3n) is 1.97. The van der Waals surface area contributed by atoms with Crippen molar-refractivity contribution in [2.75, 3.05) is 11.5 Å². The summed E-state index contributed by atoms with van der Waals surface area (Å²) in [4.78, 5) is 12.0. The third kappa shape index (κ3) is 3.35. The molecule has 1 aromatic heterocycles. The van der Waals surface area contributed by atoms with Crippen LogP contribution in [-0.4, -0.2) is 21.1 Å². The molecule has 0 fully saturated rings. The standard InChI is InChI=1S/C10H14N2OS2/c1-2-15-7-6-12-5-3-4-8(9(11)14)10(12)13/h3-5H,2,6-7H2,1H3,(H2,11,14). The molecule has 0 unspecified atom stereocenters. The van der Waals surface area contributed by atoms with Crippen molar-refractivity contribution in [3.63, 3.8) is 0 Å². The summed E-state index contributed by atoms with van der Waals surface area (Å²) in [6.45, 7) is 2.80. The van der Waals surface area contributed by atoms with Gasteiger partial charge in [-0.1, -0.05) is 19.1 Å². The zero-order chi connectivity index (χ0) is 11.3. The van der Waals surface area contributed by atoms with E-state index < -0.39 is 0 Å². The number of thiocarbonyl (C=S) groups is 1. The lowest BCUT2D eigenvalue weighted by Crippen LogP contribution is -2.28. The maximum absolute atomic E-state index is 11.8. The predicted molar refractivity (Wildman–Crippen MR) is 69.6 cm³/mol. The van der Waals surface area contributed by atoms with E-state index in [-0.39, 0.29) is 10.5 Å². The fraction of sp³-hybridized carbons (Fsp3) is 0.400. The van der Waals surface area contributed by atoms with Crippen LogP contribution < -0.4 is 11.3 Å². The average Bonchev–Trinajstić information content (AvgIpc) is 2.20. The molecular formula is C10H14N2OS2. The summed E-state index contributed by atoms with van der Waals surface area (Å²) >= 11 is 6.61. The van der Waals surface area contributed by atoms with Gasteiger partial charge >= 0.3 is 0 Å². The largest absolute Gasteiger partial charge is 0.389 e. The Morgan fingerprint density at radius 1 is 1.67 bits per heavy atom. The summed E-state index contributed by atoms with van der Waals surface area (Å²) in [6.07, 6.45) is 1.76. The van der Waals surface area contributed by atoms with Crippen molar-refractivity contribution in [1.29, 1.82) is 0 Å². The highest BCUT2D eigenvalue weighted by Gasteiger charge is 2.04. The summed E-state index contributed by atoms with van der Waals surface area (Å²) in [6, 6.07) is 3.46. The van der Waals surface area contributed by atoms with Crippen LogP contribution in [0.3, 0.4) is 0 Å². The number of aryl methyl sites for hydroxylation is 1. The van der Waals surface area contributed by atoms with Gasteiger partial charge < -0.3 is 10.3 Å². The minimum Gasteiger partial charge on any atom is -0.389 e. The van der Waals surface area contributed by atoms with Crippen molar-refractivity contribution < 1.29 is 0 Å². The molecule has 1 rings (SSSR count). The first-order chi connectivity index (χ1) is 7.16. The summed E-state index contributed by atoms with van der Waals surface area (Å²) in [5.41, 5.74) is 5.78. The first kappa shape index (κ1) is 12.3. The van der Waals surface area contributed by atoms with E-state index in [0.29, 0.717) is 12.1 Å². The third-order valence-corrected chi connectivity index (χ3v) is 3.07. The Morgan fingerprint density at radius 3 is 3.00 bits per heavy atom. The maximum Gasteiger partial charge on any atom is 0.260 e. The first-order valence-electron chi connectivity index (χ1n) is 4.73. The molecule has 0 aliphatic rings. The Balaban J connectivity index is 2.85. The van der Waals surface area contributed by atoms with E-state index in [1.54, 1.807) is 34.7 Å². The zero-order valence-corrected chi connectivity index (χ0v) is 10.2. The molecule has 0 amide bonds. The van der Waals surface area contributed by atoms with Gasteiger partial charge in [-0.15, -0.1) is 0 Å². The van der Waals surface area contributed by atoms with Gasteiger partial charge in [0.2, 0.25) is 0 Å². The summed E-state index contributed by atoms with van der Waals surface area (Å²) in [5.74, 6) is 1.99. The van der Waals surface area contributed by atoms with Crippen molar-refractivity contribution >= 4 is 29.0 Å². The fourth-order valence-corrected chi connectivity index (χ4v) is 1.98. The van der Waals surface area contributed by atoms with Gasteiger partial charge in [-0.2, -0.15) is 11.8 Å². The van der Waals surface area contributed by atoms with Gasteiger partial charge in [-0.25, -0.2) is 0 Å². The summed E-state index contributed by atoms with van der Waals surface area (Å²) < 4.78 is 1.65. The van der Waals surface area contributed by atoms with Gasteiger partial charge in [0.25, 0.3) is 5.56 Å². The molecule has 2 N–H and O–H groups in total. The normalized spacial score (nSPS) is 10.2. The van der Waals surface area contributed by atoms with Crippen molar-refractivity contribution in [3.8, 4) is 0 Å². The van der Waals surface area contributed by atoms with Crippen molar-refractivity contribution in [2.24, 2.45) is 5.73 Å². The molecule has 15 heavy (non-hydrogen) atoms. The van der Waals surface area contributed by atoms with E-state index in [2.05, 4.69) is 6.92 Å². The van der Waals surface area contributed by atoms with Crippen LogP contribution >= 0.6 is 24.0 Å². The molecule has 0 bridgehead atoms. The molecule has 1 heterocycles. The molecule has 0 aliphatic heterocycles. The van der Waals surface area contributed by atoms with Crippen LogP contribution in [0.15, 0.2) is 23.1 Å². The molecule has 0 spiro atoms. The molecule has 0 aliphatic carbocycles. The molecular weight excluding hydrogens is 228 g/mol. The highest BCUT2D eigenvalue weighted by molar-refractivity contribution is 7.99. The van der Waals surface area contributed by atoms with E-state index in [0.717, 1.165) is 11.5 Å². The number of nitrogens with zero attached hydrogens (tertiary/aromatic N) is 1. The molecule has 0 atom stereocenters. The lowest BCUT2D eigenvalue weighted by atomic mass is 10.3. The molecule has 5 heteroatoms. The molecule has 0 aromatic carbocycles. The van der Waals surface area contributed by atoms with E-state index in [1.165, 1.54) is 0 Å². The topological polar surface area (TPSA) is 48.0 Å². The fourth-order valence-electron chi connectivity index (χ4n) is 1.21. The van der Waals surface area contributed by atoms with E-state index in [1.807, 2.05) is 0 Å². The SMILES string of the molecule is CCSCCn1cccc(C(N)=S)c1=O. The Bertz CT molecular complexity index is 401. The highest BCUT2D eigenvalue weighted by Crippen LogP contribution is 1.99. The van der Waals surface area contributed by atoms with Crippen LogP contribution in [0.25, 0.3) is 0 Å². The second-order valence-corrected chi connectivity index (χ2v) is 4.82. The summed E-state index contributed by atoms with van der Waals surface area (Å²) in [7, 11) is 0. The Kier molecular flexibility index (Phi) is 4.84. The average molecular weight is 242 g/mol. The van der Waals surface area contributed by atoms with Gasteiger partial charge in [0.05, 0.1) is 5.56 Å². The molecule has 0 radical (unpaired) electrons. The number of thioether (sulfide) groups is 1. The second-order valence-electron chi connectivity index (χ2n) is 2.98. The minimum atomic E-state index is -0.0956. The predicted octanol–water partition coefficient (Wildman–Crippen LogP) is 1.24. The Morgan fingerprint density at radius 2 is 2.40 bits per heavy atom. The monoisotopic (exact) mass is 242 g/mol. The molecule has 82 valence electrons. The molecule has 0 saturated heterocycles. The number of nitrogens with two attached hydrogens (primary N) is 1. The second kappa shape index (κ2) is 5.92. The number of pyridine rings is 1. The Labute approximate surface area is 98.7 Å². The lowest BCUT2D eigenvalue weighted by molar-refractivity contribution is 0.734. The van der Waals surface area contributed by atoms with Crippen molar-refractivity contribution in [2.45, 2.75) is 13.5 Å². The van der Waals surface area contributed by atoms with E-state index >= 15 is 0 Å². The first-order valence-corrected chi connectivity index (χ1v) is 6.30. The molecule has 0 saturated carbocycles. The van der Waals surface area contributed by atoms with E-state index in [4.69, 9.17) is 18.0 Å². The van der Waals surface area contributed by atoms with Crippen LogP contribution in [0.5, 0.6) is 0 Å². The summed E-state index contributed by atoms with van der Waals surface area (Å²) in [5, 5.41) is 0. The van der Waals surface area contributed by atoms with Crippen LogP contribution in [0.1, 0.15) is 12.5 Å². The smallest absolute Gasteiger partial charge is 0.260 e. The van der Waals surface area contributed by atoms with Gasteiger partial charge in [0.1, 0.15) is 4.99 Å². The van der Waals surface area contributed by atoms with Gasteiger partial charge in [-0.05, 0) is 17.9 Å². The van der Waals surface area contributed by atoms with Crippen LogP contribution in [-0.2, 0) is 6.54 Å². The van der Waals surface area contributed by atoms with Gasteiger partial charge in [-0.3, -0.25) is 4.79 Å². The van der Waals surface area contributed by atoms with Gasteiger partial charge in [0.15, 0.2) is 0 Å². The number of aromatic nitrogens is 1. The van der Waals surface area contributed by atoms with Crippen LogP contribution in [0, 0.1) is 0 Å². The van der Waals surface area contributed by atoms with Crippen LogP contribution in [0.4, 0.5) is 0 Å². The minimum absolute atomic E-state index is 0.0956. The number of hydrogen-bond acceptors (Lipinski definition) is 3. The van der Waals surface area contributed by atoms with Crippen molar-refractivity contribution in [3.05, 3.63) is 34.2 Å². The Hall–Kier alpha value is -0.810. The molecule has 1 aromatic rings. The van der Waals surface area contributed by atoms with Gasteiger partial charge in [0, 0.05) is 18.5 Å². The number of rotatable bonds is 5. The van der Waals surface area contributed by atoms with Crippen molar-refractivity contribution in [1.82, 2.24) is 4.57 Å². The maximum atomic E-state index is 11.8. The zero-order valence-electron chi connectivity index (χ0n) is 8.60. The highest BCUT2D eigenvalue weighted by atomic mass is 32.2. The lowest BCUT2D eigenvalue weighted by Gasteiger charge is -2.06. The van der Waals surface area contributed by atoms with Crippen LogP contribution in [0.2, 0.25) is 0 Å².